The van der Waals surface area contributed by atoms with Crippen LogP contribution in [0.15, 0.2) is 0 Å². The molecule has 0 aliphatic heterocycles. The van der Waals surface area contributed by atoms with Crippen molar-refractivity contribution in [2.75, 3.05) is 6.54 Å². The summed E-state index contributed by atoms with van der Waals surface area (Å²) in [4.78, 5) is 5.52. The lowest BCUT2D eigenvalue weighted by Crippen LogP contribution is -2.23. The lowest BCUT2D eigenvalue weighted by Gasteiger charge is -2.15. The lowest BCUT2D eigenvalue weighted by molar-refractivity contribution is -0.0215. The standard InChI is InChI=1S/C12H22N2O/c1-12(2,10-13)8-5-9-14-15-11-6-3-4-7-11/h11,14H,3-9H2,1-2H3. The number of hydrogen-bond acceptors (Lipinski definition) is 3. The van der Waals surface area contributed by atoms with Crippen LogP contribution < -0.4 is 5.48 Å². The Bertz CT molecular complexity index is 214. The third kappa shape index (κ3) is 5.15. The molecule has 0 spiro atoms. The molecule has 1 aliphatic rings. The van der Waals surface area contributed by atoms with Crippen molar-refractivity contribution < 1.29 is 4.84 Å². The van der Waals surface area contributed by atoms with Crippen molar-refractivity contribution in [1.29, 1.82) is 5.26 Å². The highest BCUT2D eigenvalue weighted by Crippen LogP contribution is 2.21. The summed E-state index contributed by atoms with van der Waals surface area (Å²) in [6.45, 7) is 4.80. The van der Waals surface area contributed by atoms with Crippen molar-refractivity contribution in [3.05, 3.63) is 0 Å². The summed E-state index contributed by atoms with van der Waals surface area (Å²) in [6.07, 6.45) is 7.32. The van der Waals surface area contributed by atoms with Gasteiger partial charge in [-0.25, -0.2) is 5.48 Å². The smallest absolute Gasteiger partial charge is 0.0790 e. The van der Waals surface area contributed by atoms with Gasteiger partial charge in [-0.2, -0.15) is 5.26 Å². The van der Waals surface area contributed by atoms with E-state index in [0.29, 0.717) is 6.10 Å². The first kappa shape index (κ1) is 12.5. The highest BCUT2D eigenvalue weighted by atomic mass is 16.7. The zero-order valence-electron chi connectivity index (χ0n) is 9.88. The molecule has 0 amide bonds. The van der Waals surface area contributed by atoms with Crippen LogP contribution in [0.1, 0.15) is 52.4 Å². The minimum absolute atomic E-state index is 0.199. The van der Waals surface area contributed by atoms with Crippen LogP contribution in [0.5, 0.6) is 0 Å². The minimum atomic E-state index is -0.199. The maximum Gasteiger partial charge on any atom is 0.0790 e. The number of rotatable bonds is 6. The fourth-order valence-corrected chi connectivity index (χ4v) is 1.84. The first-order valence-electron chi connectivity index (χ1n) is 5.94. The van der Waals surface area contributed by atoms with Gasteiger partial charge in [0.05, 0.1) is 17.6 Å². The molecular weight excluding hydrogens is 188 g/mol. The van der Waals surface area contributed by atoms with Gasteiger partial charge in [0.1, 0.15) is 0 Å². The molecule has 3 heteroatoms. The van der Waals surface area contributed by atoms with E-state index in [9.17, 15) is 0 Å². The number of nitriles is 1. The second-order valence-corrected chi connectivity index (χ2v) is 5.02. The maximum absolute atomic E-state index is 8.82. The summed E-state index contributed by atoms with van der Waals surface area (Å²) in [7, 11) is 0. The third-order valence-electron chi connectivity index (χ3n) is 2.94. The fourth-order valence-electron chi connectivity index (χ4n) is 1.84. The molecule has 0 saturated heterocycles. The highest BCUT2D eigenvalue weighted by molar-refractivity contribution is 4.91. The number of hydrogen-bond donors (Lipinski definition) is 1. The van der Waals surface area contributed by atoms with E-state index < -0.39 is 0 Å². The molecule has 0 radical (unpaired) electrons. The van der Waals surface area contributed by atoms with Gasteiger partial charge in [0.2, 0.25) is 0 Å². The molecule has 0 aromatic carbocycles. The molecule has 1 fully saturated rings. The summed E-state index contributed by atoms with van der Waals surface area (Å²) >= 11 is 0. The SMILES string of the molecule is CC(C)(C#N)CCCNOC1CCCC1. The Morgan fingerprint density at radius 3 is 2.67 bits per heavy atom. The Hall–Kier alpha value is -0.590. The molecule has 1 aliphatic carbocycles. The second-order valence-electron chi connectivity index (χ2n) is 5.02. The van der Waals surface area contributed by atoms with Crippen LogP contribution in [-0.2, 0) is 4.84 Å². The van der Waals surface area contributed by atoms with E-state index in [1.54, 1.807) is 0 Å². The zero-order valence-corrected chi connectivity index (χ0v) is 9.88. The highest BCUT2D eigenvalue weighted by Gasteiger charge is 2.17. The van der Waals surface area contributed by atoms with Crippen molar-refractivity contribution in [1.82, 2.24) is 5.48 Å². The van der Waals surface area contributed by atoms with Crippen molar-refractivity contribution in [3.63, 3.8) is 0 Å². The van der Waals surface area contributed by atoms with Gasteiger partial charge in [-0.1, -0.05) is 12.8 Å². The lowest BCUT2D eigenvalue weighted by atomic mass is 9.90. The Labute approximate surface area is 92.8 Å². The molecule has 0 bridgehead atoms. The average molecular weight is 210 g/mol. The largest absolute Gasteiger partial charge is 0.299 e. The van der Waals surface area contributed by atoms with Gasteiger partial charge in [-0.3, -0.25) is 4.84 Å². The predicted octanol–water partition coefficient (Wildman–Crippen LogP) is 2.78. The maximum atomic E-state index is 8.82. The van der Waals surface area contributed by atoms with Gasteiger partial charge in [-0.05, 0) is 39.5 Å². The van der Waals surface area contributed by atoms with Gasteiger partial charge in [0.25, 0.3) is 0 Å². The topological polar surface area (TPSA) is 45.0 Å². The molecule has 0 atom stereocenters. The van der Waals surface area contributed by atoms with E-state index in [0.717, 1.165) is 19.4 Å². The fraction of sp³-hybridized carbons (Fsp3) is 0.917. The van der Waals surface area contributed by atoms with Crippen LogP contribution in [-0.4, -0.2) is 12.6 Å². The predicted molar refractivity (Wildman–Crippen MR) is 60.0 cm³/mol. The zero-order chi connectivity index (χ0) is 11.1. The number of nitrogens with zero attached hydrogens (tertiary/aromatic N) is 1. The molecule has 1 N–H and O–H groups in total. The average Bonchev–Trinajstić information content (AvgIpc) is 2.70. The summed E-state index contributed by atoms with van der Waals surface area (Å²) in [6, 6.07) is 2.30. The second kappa shape index (κ2) is 6.09. The molecule has 0 aromatic rings. The molecule has 3 nitrogen and oxygen atoms in total. The van der Waals surface area contributed by atoms with E-state index >= 15 is 0 Å². The van der Waals surface area contributed by atoms with Crippen LogP contribution >= 0.6 is 0 Å². The third-order valence-corrected chi connectivity index (χ3v) is 2.94. The number of hydroxylamine groups is 1. The van der Waals surface area contributed by atoms with E-state index in [-0.39, 0.29) is 5.41 Å². The molecule has 1 saturated carbocycles. The summed E-state index contributed by atoms with van der Waals surface area (Å²) in [5.41, 5.74) is 2.82. The van der Waals surface area contributed by atoms with Crippen molar-refractivity contribution >= 4 is 0 Å². The van der Waals surface area contributed by atoms with Gasteiger partial charge in [0, 0.05) is 6.54 Å². The Balaban J connectivity index is 1.95. The molecule has 0 unspecified atom stereocenters. The quantitative estimate of drug-likeness (QED) is 0.541. The van der Waals surface area contributed by atoms with Gasteiger partial charge in [0.15, 0.2) is 0 Å². The normalized spacial score (nSPS) is 17.9. The van der Waals surface area contributed by atoms with Crippen LogP contribution in [0.4, 0.5) is 0 Å². The minimum Gasteiger partial charge on any atom is -0.299 e. The van der Waals surface area contributed by atoms with E-state index in [1.165, 1.54) is 25.7 Å². The van der Waals surface area contributed by atoms with Gasteiger partial charge in [-0.15, -0.1) is 0 Å². The Morgan fingerprint density at radius 1 is 1.40 bits per heavy atom. The summed E-state index contributed by atoms with van der Waals surface area (Å²) < 4.78 is 0. The van der Waals surface area contributed by atoms with Crippen LogP contribution in [0.3, 0.4) is 0 Å². The Morgan fingerprint density at radius 2 is 2.07 bits per heavy atom. The number of nitrogens with one attached hydrogen (secondary N) is 1. The van der Waals surface area contributed by atoms with Crippen LogP contribution in [0, 0.1) is 16.7 Å². The Kier molecular flexibility index (Phi) is 5.07. The summed E-state index contributed by atoms with van der Waals surface area (Å²) in [5, 5.41) is 8.82. The molecule has 0 heterocycles. The monoisotopic (exact) mass is 210 g/mol. The first-order chi connectivity index (χ1) is 7.14. The van der Waals surface area contributed by atoms with Crippen molar-refractivity contribution in [2.45, 2.75) is 58.5 Å². The molecular formula is C12H22N2O. The van der Waals surface area contributed by atoms with Crippen LogP contribution in [0.2, 0.25) is 0 Å². The van der Waals surface area contributed by atoms with Crippen LogP contribution in [0.25, 0.3) is 0 Å². The van der Waals surface area contributed by atoms with Crippen molar-refractivity contribution in [3.8, 4) is 6.07 Å². The molecule has 86 valence electrons. The molecule has 1 rings (SSSR count). The van der Waals surface area contributed by atoms with Crippen molar-refractivity contribution in [2.24, 2.45) is 5.41 Å². The molecule has 0 aromatic heterocycles. The van der Waals surface area contributed by atoms with E-state index in [1.807, 2.05) is 13.8 Å². The first-order valence-corrected chi connectivity index (χ1v) is 5.94. The van der Waals surface area contributed by atoms with Gasteiger partial charge >= 0.3 is 0 Å². The molecule has 15 heavy (non-hydrogen) atoms. The van der Waals surface area contributed by atoms with E-state index in [4.69, 9.17) is 10.1 Å². The van der Waals surface area contributed by atoms with E-state index in [2.05, 4.69) is 11.5 Å². The van der Waals surface area contributed by atoms with Gasteiger partial charge < -0.3 is 0 Å². The summed E-state index contributed by atoms with van der Waals surface area (Å²) in [5.74, 6) is 0.